The molecule has 1 fully saturated rings. The second kappa shape index (κ2) is 6.47. The summed E-state index contributed by atoms with van der Waals surface area (Å²) in [5.41, 5.74) is 1.58. The Balaban J connectivity index is 1.72. The minimum absolute atomic E-state index is 0.125. The van der Waals surface area contributed by atoms with Crippen molar-refractivity contribution in [3.05, 3.63) is 36.2 Å². The van der Waals surface area contributed by atoms with Crippen LogP contribution in [0.5, 0.6) is 0 Å². The van der Waals surface area contributed by atoms with E-state index in [-0.39, 0.29) is 5.91 Å². The second-order valence-corrected chi connectivity index (χ2v) is 5.36. The lowest BCUT2D eigenvalue weighted by Crippen LogP contribution is -2.33. The van der Waals surface area contributed by atoms with Crippen molar-refractivity contribution in [2.24, 2.45) is 0 Å². The normalized spacial score (nSPS) is 16.3. The van der Waals surface area contributed by atoms with E-state index in [9.17, 15) is 4.79 Å². The summed E-state index contributed by atoms with van der Waals surface area (Å²) >= 11 is 0. The number of amides is 1. The molecule has 6 heteroatoms. The zero-order valence-electron chi connectivity index (χ0n) is 12.0. The van der Waals surface area contributed by atoms with Crippen LogP contribution in [0.3, 0.4) is 0 Å². The molecule has 21 heavy (non-hydrogen) atoms. The van der Waals surface area contributed by atoms with Crippen molar-refractivity contribution in [1.29, 1.82) is 0 Å². The van der Waals surface area contributed by atoms with Crippen LogP contribution >= 0.6 is 0 Å². The fourth-order valence-electron chi connectivity index (χ4n) is 2.67. The molecule has 0 saturated carbocycles. The highest BCUT2D eigenvalue weighted by atomic mass is 16.2. The Kier molecular flexibility index (Phi) is 4.23. The molecule has 1 aromatic carbocycles. The summed E-state index contributed by atoms with van der Waals surface area (Å²) in [5.74, 6) is 0.125. The first-order chi connectivity index (χ1) is 10.3. The molecule has 110 valence electrons. The van der Waals surface area contributed by atoms with Crippen molar-refractivity contribution in [3.63, 3.8) is 0 Å². The van der Waals surface area contributed by atoms with Crippen molar-refractivity contribution in [3.8, 4) is 5.69 Å². The molecular weight excluding hydrogens is 266 g/mol. The molecule has 3 rings (SSSR count). The van der Waals surface area contributed by atoms with Crippen molar-refractivity contribution >= 4 is 5.91 Å². The molecule has 2 aromatic rings. The monoisotopic (exact) mass is 285 g/mol. The van der Waals surface area contributed by atoms with Crippen molar-refractivity contribution < 1.29 is 4.79 Å². The molecule has 1 aliphatic heterocycles. The Morgan fingerprint density at radius 3 is 2.24 bits per heavy atom. The van der Waals surface area contributed by atoms with E-state index < -0.39 is 0 Å². The van der Waals surface area contributed by atoms with E-state index in [0.717, 1.165) is 37.2 Å². The molecule has 0 bridgehead atoms. The van der Waals surface area contributed by atoms with E-state index >= 15 is 0 Å². The van der Waals surface area contributed by atoms with Crippen LogP contribution in [0, 0.1) is 0 Å². The first-order valence-corrected chi connectivity index (χ1v) is 7.47. The number of rotatable bonds is 2. The zero-order valence-corrected chi connectivity index (χ0v) is 12.0. The maximum Gasteiger partial charge on any atom is 0.253 e. The summed E-state index contributed by atoms with van der Waals surface area (Å²) in [5, 5.41) is 11.0. The lowest BCUT2D eigenvalue weighted by atomic mass is 10.1. The van der Waals surface area contributed by atoms with E-state index in [1.165, 1.54) is 25.6 Å². The summed E-state index contributed by atoms with van der Waals surface area (Å²) in [7, 11) is 0. The topological polar surface area (TPSA) is 63.9 Å². The molecule has 0 spiro atoms. The molecule has 0 radical (unpaired) electrons. The third-order valence-electron chi connectivity index (χ3n) is 3.87. The maximum absolute atomic E-state index is 12.5. The summed E-state index contributed by atoms with van der Waals surface area (Å²) in [6.07, 6.45) is 7.49. The van der Waals surface area contributed by atoms with Gasteiger partial charge in [0.05, 0.1) is 5.69 Å². The van der Waals surface area contributed by atoms with E-state index in [1.54, 1.807) is 4.68 Å². The van der Waals surface area contributed by atoms with Crippen LogP contribution in [0.1, 0.15) is 42.5 Å². The number of likely N-dealkylation sites (tertiary alicyclic amines) is 1. The quantitative estimate of drug-likeness (QED) is 0.847. The number of aromatic nitrogens is 4. The Morgan fingerprint density at radius 2 is 1.62 bits per heavy atom. The van der Waals surface area contributed by atoms with Gasteiger partial charge in [-0.15, -0.1) is 5.10 Å². The Labute approximate surface area is 123 Å². The molecule has 0 N–H and O–H groups in total. The lowest BCUT2D eigenvalue weighted by Gasteiger charge is -2.24. The van der Waals surface area contributed by atoms with Crippen LogP contribution in [0.2, 0.25) is 0 Å². The first kappa shape index (κ1) is 13.7. The summed E-state index contributed by atoms with van der Waals surface area (Å²) in [4.78, 5) is 14.5. The molecule has 1 amide bonds. The molecule has 1 saturated heterocycles. The van der Waals surface area contributed by atoms with Crippen LogP contribution in [-0.4, -0.2) is 44.1 Å². The smallest absolute Gasteiger partial charge is 0.253 e. The predicted octanol–water partition coefficient (Wildman–Crippen LogP) is 2.07. The van der Waals surface area contributed by atoms with E-state index in [2.05, 4.69) is 15.5 Å². The van der Waals surface area contributed by atoms with Crippen LogP contribution < -0.4 is 0 Å². The highest BCUT2D eigenvalue weighted by Gasteiger charge is 2.16. The van der Waals surface area contributed by atoms with Gasteiger partial charge in [0.1, 0.15) is 6.33 Å². The number of benzene rings is 1. The highest BCUT2D eigenvalue weighted by Crippen LogP contribution is 2.15. The summed E-state index contributed by atoms with van der Waals surface area (Å²) < 4.78 is 1.57. The molecule has 1 aromatic heterocycles. The summed E-state index contributed by atoms with van der Waals surface area (Å²) in [6, 6.07) is 7.43. The van der Waals surface area contributed by atoms with Gasteiger partial charge in [0, 0.05) is 18.7 Å². The van der Waals surface area contributed by atoms with Gasteiger partial charge in [-0.3, -0.25) is 4.79 Å². The van der Waals surface area contributed by atoms with Crippen LogP contribution in [-0.2, 0) is 0 Å². The Hall–Kier alpha value is -2.24. The average Bonchev–Trinajstić information content (AvgIpc) is 3.01. The number of hydrogen-bond acceptors (Lipinski definition) is 4. The standard InChI is InChI=1S/C15H19N5O/c21-15(19-10-4-2-1-3-5-11-19)13-6-8-14(9-7-13)20-12-16-17-18-20/h6-9,12H,1-5,10-11H2. The number of carbonyl (C=O) groups excluding carboxylic acids is 1. The molecule has 0 atom stereocenters. The second-order valence-electron chi connectivity index (χ2n) is 5.36. The minimum atomic E-state index is 0.125. The van der Waals surface area contributed by atoms with Gasteiger partial charge in [-0.25, -0.2) is 4.68 Å². The molecular formula is C15H19N5O. The largest absolute Gasteiger partial charge is 0.339 e. The molecule has 1 aliphatic rings. The van der Waals surface area contributed by atoms with Gasteiger partial charge in [0.15, 0.2) is 0 Å². The van der Waals surface area contributed by atoms with Gasteiger partial charge in [-0.05, 0) is 47.5 Å². The van der Waals surface area contributed by atoms with E-state index in [0.29, 0.717) is 0 Å². The fourth-order valence-corrected chi connectivity index (χ4v) is 2.67. The molecule has 6 nitrogen and oxygen atoms in total. The maximum atomic E-state index is 12.5. The van der Waals surface area contributed by atoms with Crippen molar-refractivity contribution in [1.82, 2.24) is 25.1 Å². The van der Waals surface area contributed by atoms with Gasteiger partial charge in [0.25, 0.3) is 5.91 Å². The molecule has 0 aliphatic carbocycles. The summed E-state index contributed by atoms with van der Waals surface area (Å²) in [6.45, 7) is 1.74. The fraction of sp³-hybridized carbons (Fsp3) is 0.467. The lowest BCUT2D eigenvalue weighted by molar-refractivity contribution is 0.0742. The third-order valence-corrected chi connectivity index (χ3v) is 3.87. The van der Waals surface area contributed by atoms with Gasteiger partial charge >= 0.3 is 0 Å². The molecule has 0 unspecified atom stereocenters. The van der Waals surface area contributed by atoms with E-state index in [4.69, 9.17) is 0 Å². The number of hydrogen-bond donors (Lipinski definition) is 0. The average molecular weight is 285 g/mol. The van der Waals surface area contributed by atoms with Crippen LogP contribution in [0.25, 0.3) is 5.69 Å². The zero-order chi connectivity index (χ0) is 14.5. The predicted molar refractivity (Wildman–Crippen MR) is 78.1 cm³/mol. The number of tetrazole rings is 1. The van der Waals surface area contributed by atoms with Gasteiger partial charge in [0.2, 0.25) is 0 Å². The highest BCUT2D eigenvalue weighted by molar-refractivity contribution is 5.94. The number of nitrogens with zero attached hydrogens (tertiary/aromatic N) is 5. The van der Waals surface area contributed by atoms with Crippen molar-refractivity contribution in [2.45, 2.75) is 32.1 Å². The third kappa shape index (κ3) is 3.26. The molecule has 2 heterocycles. The van der Waals surface area contributed by atoms with Gasteiger partial charge < -0.3 is 4.90 Å². The van der Waals surface area contributed by atoms with Crippen molar-refractivity contribution in [2.75, 3.05) is 13.1 Å². The van der Waals surface area contributed by atoms with Gasteiger partial charge in [-0.2, -0.15) is 0 Å². The number of carbonyl (C=O) groups is 1. The minimum Gasteiger partial charge on any atom is -0.339 e. The first-order valence-electron chi connectivity index (χ1n) is 7.47. The van der Waals surface area contributed by atoms with Crippen LogP contribution in [0.4, 0.5) is 0 Å². The van der Waals surface area contributed by atoms with Gasteiger partial charge in [-0.1, -0.05) is 19.3 Å². The SMILES string of the molecule is O=C(c1ccc(-n2cnnn2)cc1)N1CCCCCCC1. The Bertz CT molecular complexity index is 571. The Morgan fingerprint density at radius 1 is 0.952 bits per heavy atom. The van der Waals surface area contributed by atoms with Crippen LogP contribution in [0.15, 0.2) is 30.6 Å². The van der Waals surface area contributed by atoms with E-state index in [1.807, 2.05) is 29.2 Å².